The lowest BCUT2D eigenvalue weighted by Gasteiger charge is -2.10. The summed E-state index contributed by atoms with van der Waals surface area (Å²) in [6, 6.07) is 6.91. The van der Waals surface area contributed by atoms with Gasteiger partial charge in [-0.25, -0.2) is 4.98 Å². The molecule has 0 aliphatic carbocycles. The predicted molar refractivity (Wildman–Crippen MR) is 77.4 cm³/mol. The second-order valence-corrected chi connectivity index (χ2v) is 4.39. The fourth-order valence-electron chi connectivity index (χ4n) is 2.01. The Labute approximate surface area is 117 Å². The van der Waals surface area contributed by atoms with Gasteiger partial charge in [0, 0.05) is 24.1 Å². The number of aromatic amines is 1. The van der Waals surface area contributed by atoms with Crippen LogP contribution in [-0.2, 0) is 6.42 Å². The summed E-state index contributed by atoms with van der Waals surface area (Å²) in [6.45, 7) is 2.04. The highest BCUT2D eigenvalue weighted by molar-refractivity contribution is 5.68. The van der Waals surface area contributed by atoms with E-state index in [9.17, 15) is 4.79 Å². The Kier molecular flexibility index (Phi) is 4.40. The molecule has 5 heteroatoms. The van der Waals surface area contributed by atoms with Crippen LogP contribution in [0.4, 0.5) is 0 Å². The molecule has 0 saturated heterocycles. The molecule has 0 fully saturated rings. The molecule has 0 bridgehead atoms. The first-order valence-corrected chi connectivity index (χ1v) is 6.50. The van der Waals surface area contributed by atoms with E-state index in [0.717, 1.165) is 18.4 Å². The summed E-state index contributed by atoms with van der Waals surface area (Å²) in [5, 5.41) is 0. The number of methoxy groups -OCH3 is 2. The topological polar surface area (TPSA) is 64.2 Å². The van der Waals surface area contributed by atoms with Crippen LogP contribution in [0.2, 0.25) is 0 Å². The van der Waals surface area contributed by atoms with Crippen LogP contribution in [0.1, 0.15) is 19.2 Å². The molecule has 106 valence electrons. The maximum Gasteiger partial charge on any atom is 0.251 e. The smallest absolute Gasteiger partial charge is 0.251 e. The van der Waals surface area contributed by atoms with Crippen LogP contribution in [0.15, 0.2) is 29.1 Å². The minimum Gasteiger partial charge on any atom is -0.497 e. The Balaban J connectivity index is 2.52. The SMILES string of the molecule is CCCc1nc(-c2ccc(OC)cc2OC)cc(=O)[nH]1. The summed E-state index contributed by atoms with van der Waals surface area (Å²) in [5.74, 6) is 2.02. The van der Waals surface area contributed by atoms with E-state index in [1.807, 2.05) is 19.1 Å². The molecule has 0 radical (unpaired) electrons. The van der Waals surface area contributed by atoms with E-state index in [1.165, 1.54) is 6.07 Å². The molecule has 0 atom stereocenters. The summed E-state index contributed by atoms with van der Waals surface area (Å²) in [6.07, 6.45) is 1.66. The van der Waals surface area contributed by atoms with E-state index in [0.29, 0.717) is 23.0 Å². The molecule has 20 heavy (non-hydrogen) atoms. The molecule has 2 aromatic rings. The Bertz CT molecular complexity index is 650. The van der Waals surface area contributed by atoms with Crippen LogP contribution in [0.5, 0.6) is 11.5 Å². The number of nitrogens with zero attached hydrogens (tertiary/aromatic N) is 1. The minimum atomic E-state index is -0.156. The van der Waals surface area contributed by atoms with Crippen molar-refractivity contribution in [1.29, 1.82) is 0 Å². The predicted octanol–water partition coefficient (Wildman–Crippen LogP) is 2.41. The molecular formula is C15H18N2O3. The number of nitrogens with one attached hydrogen (secondary N) is 1. The Hall–Kier alpha value is -2.30. The van der Waals surface area contributed by atoms with Crippen molar-refractivity contribution in [2.45, 2.75) is 19.8 Å². The van der Waals surface area contributed by atoms with Gasteiger partial charge in [0.15, 0.2) is 0 Å². The molecule has 1 N–H and O–H groups in total. The maximum absolute atomic E-state index is 11.7. The van der Waals surface area contributed by atoms with Gasteiger partial charge in [-0.1, -0.05) is 6.92 Å². The van der Waals surface area contributed by atoms with Gasteiger partial charge in [0.1, 0.15) is 17.3 Å². The number of aryl methyl sites for hydroxylation is 1. The van der Waals surface area contributed by atoms with Gasteiger partial charge in [-0.2, -0.15) is 0 Å². The molecule has 1 aromatic heterocycles. The molecule has 0 spiro atoms. The van der Waals surface area contributed by atoms with Gasteiger partial charge in [-0.3, -0.25) is 4.79 Å². The molecule has 0 saturated carbocycles. The van der Waals surface area contributed by atoms with Crippen LogP contribution >= 0.6 is 0 Å². The monoisotopic (exact) mass is 274 g/mol. The van der Waals surface area contributed by atoms with Crippen molar-refractivity contribution >= 4 is 0 Å². The number of hydrogen-bond acceptors (Lipinski definition) is 4. The Morgan fingerprint density at radius 3 is 2.65 bits per heavy atom. The number of H-pyrrole nitrogens is 1. The molecular weight excluding hydrogens is 256 g/mol. The van der Waals surface area contributed by atoms with Crippen LogP contribution in [-0.4, -0.2) is 24.2 Å². The fraction of sp³-hybridized carbons (Fsp3) is 0.333. The number of aromatic nitrogens is 2. The van der Waals surface area contributed by atoms with Gasteiger partial charge in [0.25, 0.3) is 5.56 Å². The lowest BCUT2D eigenvalue weighted by Crippen LogP contribution is -2.11. The summed E-state index contributed by atoms with van der Waals surface area (Å²) in [7, 11) is 3.18. The average Bonchev–Trinajstić information content (AvgIpc) is 2.46. The first kappa shape index (κ1) is 14.1. The summed E-state index contributed by atoms with van der Waals surface area (Å²) >= 11 is 0. The third kappa shape index (κ3) is 2.99. The van der Waals surface area contributed by atoms with Crippen LogP contribution in [0.25, 0.3) is 11.3 Å². The van der Waals surface area contributed by atoms with Gasteiger partial charge in [-0.05, 0) is 18.6 Å². The van der Waals surface area contributed by atoms with Crippen LogP contribution in [0.3, 0.4) is 0 Å². The number of ether oxygens (including phenoxy) is 2. The molecule has 2 rings (SSSR count). The quantitative estimate of drug-likeness (QED) is 0.909. The Morgan fingerprint density at radius 1 is 1.20 bits per heavy atom. The van der Waals surface area contributed by atoms with E-state index in [-0.39, 0.29) is 5.56 Å². The maximum atomic E-state index is 11.7. The largest absolute Gasteiger partial charge is 0.497 e. The van der Waals surface area contributed by atoms with Crippen molar-refractivity contribution in [3.63, 3.8) is 0 Å². The van der Waals surface area contributed by atoms with Gasteiger partial charge < -0.3 is 14.5 Å². The first-order chi connectivity index (χ1) is 9.67. The molecule has 1 aromatic carbocycles. The average molecular weight is 274 g/mol. The van der Waals surface area contributed by atoms with E-state index >= 15 is 0 Å². The van der Waals surface area contributed by atoms with Crippen molar-refractivity contribution in [2.24, 2.45) is 0 Å². The molecule has 0 unspecified atom stereocenters. The zero-order chi connectivity index (χ0) is 14.5. The van der Waals surface area contributed by atoms with Crippen molar-refractivity contribution in [3.8, 4) is 22.8 Å². The van der Waals surface area contributed by atoms with E-state index in [1.54, 1.807) is 20.3 Å². The first-order valence-electron chi connectivity index (χ1n) is 6.50. The van der Waals surface area contributed by atoms with E-state index < -0.39 is 0 Å². The number of rotatable bonds is 5. The summed E-state index contributed by atoms with van der Waals surface area (Å²) < 4.78 is 10.5. The third-order valence-corrected chi connectivity index (χ3v) is 2.96. The number of benzene rings is 1. The van der Waals surface area contributed by atoms with Gasteiger partial charge >= 0.3 is 0 Å². The fourth-order valence-corrected chi connectivity index (χ4v) is 2.01. The zero-order valence-corrected chi connectivity index (χ0v) is 11.9. The van der Waals surface area contributed by atoms with Gasteiger partial charge in [0.05, 0.1) is 19.9 Å². The van der Waals surface area contributed by atoms with E-state index in [2.05, 4.69) is 9.97 Å². The third-order valence-electron chi connectivity index (χ3n) is 2.96. The minimum absolute atomic E-state index is 0.156. The second-order valence-electron chi connectivity index (χ2n) is 4.39. The van der Waals surface area contributed by atoms with Crippen molar-refractivity contribution < 1.29 is 9.47 Å². The normalized spacial score (nSPS) is 10.3. The highest BCUT2D eigenvalue weighted by Gasteiger charge is 2.10. The lowest BCUT2D eigenvalue weighted by atomic mass is 10.1. The Morgan fingerprint density at radius 2 is 2.00 bits per heavy atom. The van der Waals surface area contributed by atoms with Gasteiger partial charge in [-0.15, -0.1) is 0 Å². The zero-order valence-electron chi connectivity index (χ0n) is 11.9. The van der Waals surface area contributed by atoms with Crippen molar-refractivity contribution in [1.82, 2.24) is 9.97 Å². The van der Waals surface area contributed by atoms with Gasteiger partial charge in [0.2, 0.25) is 0 Å². The van der Waals surface area contributed by atoms with Crippen molar-refractivity contribution in [3.05, 3.63) is 40.4 Å². The van der Waals surface area contributed by atoms with E-state index in [4.69, 9.17) is 9.47 Å². The standard InChI is InChI=1S/C15H18N2O3/c1-4-5-14-16-12(9-15(18)17-14)11-7-6-10(19-2)8-13(11)20-3/h6-9H,4-5H2,1-3H3,(H,16,17,18). The highest BCUT2D eigenvalue weighted by Crippen LogP contribution is 2.31. The van der Waals surface area contributed by atoms with Crippen LogP contribution < -0.4 is 15.0 Å². The summed E-state index contributed by atoms with van der Waals surface area (Å²) in [5.41, 5.74) is 1.23. The molecule has 0 aliphatic rings. The molecule has 0 aliphatic heterocycles. The molecule has 1 heterocycles. The van der Waals surface area contributed by atoms with Crippen molar-refractivity contribution in [2.75, 3.05) is 14.2 Å². The highest BCUT2D eigenvalue weighted by atomic mass is 16.5. The second kappa shape index (κ2) is 6.23. The summed E-state index contributed by atoms with van der Waals surface area (Å²) in [4.78, 5) is 18.9. The lowest BCUT2D eigenvalue weighted by molar-refractivity contribution is 0.395. The molecule has 0 amide bonds. The molecule has 5 nitrogen and oxygen atoms in total. The number of hydrogen-bond donors (Lipinski definition) is 1. The van der Waals surface area contributed by atoms with Crippen LogP contribution in [0, 0.1) is 0 Å².